The molecule has 0 radical (unpaired) electrons. The van der Waals surface area contributed by atoms with E-state index in [2.05, 4.69) is 5.32 Å². The van der Waals surface area contributed by atoms with Gasteiger partial charge in [-0.05, 0) is 24.6 Å². The maximum Gasteiger partial charge on any atom is 0.454 e. The molecule has 0 bridgehead atoms. The Morgan fingerprint density at radius 1 is 1.13 bits per heavy atom. The third-order valence-electron chi connectivity index (χ3n) is 4.70. The number of methoxy groups -OCH3 is 1. The van der Waals surface area contributed by atoms with Gasteiger partial charge in [0.2, 0.25) is 0 Å². The predicted molar refractivity (Wildman–Crippen MR) is 101 cm³/mol. The van der Waals surface area contributed by atoms with Crippen LogP contribution in [0.5, 0.6) is 5.75 Å². The molecule has 0 amide bonds. The first-order chi connectivity index (χ1) is 14.5. The molecule has 0 saturated carbocycles. The van der Waals surface area contributed by atoms with E-state index in [0.29, 0.717) is 24.8 Å². The van der Waals surface area contributed by atoms with E-state index in [9.17, 15) is 31.1 Å². The highest BCUT2D eigenvalue weighted by molar-refractivity contribution is 5.95. The smallest absolute Gasteiger partial charge is 0.454 e. The minimum absolute atomic E-state index is 0.0116. The Morgan fingerprint density at radius 3 is 2.52 bits per heavy atom. The van der Waals surface area contributed by atoms with Gasteiger partial charge >= 0.3 is 12.4 Å². The van der Waals surface area contributed by atoms with Crippen molar-refractivity contribution in [1.82, 2.24) is 9.88 Å². The number of alkyl halides is 6. The van der Waals surface area contributed by atoms with Gasteiger partial charge in [0, 0.05) is 42.8 Å². The topological polar surface area (TPSA) is 46.5 Å². The molecule has 5 nitrogen and oxygen atoms in total. The van der Waals surface area contributed by atoms with Gasteiger partial charge < -0.3 is 19.5 Å². The van der Waals surface area contributed by atoms with Gasteiger partial charge in [-0.25, -0.2) is 0 Å². The molecule has 2 heterocycles. The van der Waals surface area contributed by atoms with E-state index in [1.54, 1.807) is 12.1 Å². The molecule has 0 aliphatic carbocycles. The first-order valence-electron chi connectivity index (χ1n) is 9.23. The number of rotatable bonds is 4. The van der Waals surface area contributed by atoms with Crippen molar-refractivity contribution in [3.8, 4) is 11.4 Å². The third kappa shape index (κ3) is 5.33. The summed E-state index contributed by atoms with van der Waals surface area (Å²) in [5, 5.41) is 2.74. The fourth-order valence-corrected chi connectivity index (χ4v) is 3.23. The molecule has 1 aromatic carbocycles. The van der Waals surface area contributed by atoms with Gasteiger partial charge in [0.15, 0.2) is 0 Å². The third-order valence-corrected chi connectivity index (χ3v) is 4.70. The molecule has 0 unspecified atom stereocenters. The number of ether oxygens (including phenoxy) is 1. The zero-order chi connectivity index (χ0) is 22.8. The summed E-state index contributed by atoms with van der Waals surface area (Å²) in [6.07, 6.45) is -7.52. The van der Waals surface area contributed by atoms with Gasteiger partial charge in [-0.2, -0.15) is 26.3 Å². The lowest BCUT2D eigenvalue weighted by Gasteiger charge is -2.21. The van der Waals surface area contributed by atoms with Crippen molar-refractivity contribution in [2.45, 2.75) is 18.8 Å². The zero-order valence-electron chi connectivity index (χ0n) is 16.3. The van der Waals surface area contributed by atoms with E-state index in [1.807, 2.05) is 0 Å². The number of nitrogens with one attached hydrogen (secondary N) is 1. The number of benzene rings is 1. The van der Waals surface area contributed by atoms with E-state index >= 15 is 0 Å². The first-order valence-corrected chi connectivity index (χ1v) is 9.23. The normalized spacial score (nSPS) is 16.7. The Hall–Kier alpha value is -3.11. The monoisotopic (exact) mass is 447 g/mol. The Morgan fingerprint density at radius 2 is 1.87 bits per heavy atom. The highest BCUT2D eigenvalue weighted by atomic mass is 19.4. The molecule has 1 aliphatic rings. The molecule has 1 aliphatic heterocycles. The van der Waals surface area contributed by atoms with Crippen LogP contribution in [0.4, 0.5) is 32.0 Å². The van der Waals surface area contributed by atoms with Crippen molar-refractivity contribution < 1.29 is 35.9 Å². The van der Waals surface area contributed by atoms with Crippen molar-refractivity contribution in [2.75, 3.05) is 31.6 Å². The lowest BCUT2D eigenvalue weighted by atomic mass is 10.2. The Balaban J connectivity index is 1.99. The highest BCUT2D eigenvalue weighted by Gasteiger charge is 2.38. The van der Waals surface area contributed by atoms with Gasteiger partial charge in [0.05, 0.1) is 19.3 Å². The van der Waals surface area contributed by atoms with Crippen LogP contribution in [-0.4, -0.2) is 43.3 Å². The standard InChI is InChI=1S/C20H19F6N3O2/c1-31-16-5-2-4-14(9-16)29-12-15(10-17(29)19(21,22)23)28-7-3-6-27-13(11-28)8-18(30)20(24,25)26/h2,4-5,8-10,12,27H,3,6-7,11H2,1H3/b13-8-. The molecule has 0 spiro atoms. The Bertz CT molecular complexity index is 978. The van der Waals surface area contributed by atoms with Crippen LogP contribution in [0.25, 0.3) is 5.69 Å². The molecule has 31 heavy (non-hydrogen) atoms. The molecule has 1 aromatic heterocycles. The lowest BCUT2D eigenvalue weighted by molar-refractivity contribution is -0.165. The van der Waals surface area contributed by atoms with Crippen LogP contribution in [0.15, 0.2) is 48.3 Å². The molecule has 11 heteroatoms. The number of nitrogens with zero attached hydrogens (tertiary/aromatic N) is 2. The van der Waals surface area contributed by atoms with Crippen LogP contribution in [0.2, 0.25) is 0 Å². The van der Waals surface area contributed by atoms with Gasteiger partial charge in [-0.3, -0.25) is 4.79 Å². The maximum absolute atomic E-state index is 13.7. The molecular weight excluding hydrogens is 428 g/mol. The van der Waals surface area contributed by atoms with Gasteiger partial charge in [-0.15, -0.1) is 0 Å². The first kappa shape index (κ1) is 22.6. The Kier molecular flexibility index (Phi) is 6.23. The second-order valence-corrected chi connectivity index (χ2v) is 6.89. The summed E-state index contributed by atoms with van der Waals surface area (Å²) in [7, 11) is 1.39. The van der Waals surface area contributed by atoms with Crippen LogP contribution >= 0.6 is 0 Å². The van der Waals surface area contributed by atoms with Crippen LogP contribution in [0.1, 0.15) is 12.1 Å². The quantitative estimate of drug-likeness (QED) is 0.560. The van der Waals surface area contributed by atoms with Crippen molar-refractivity contribution >= 4 is 11.5 Å². The molecule has 0 atom stereocenters. The molecule has 2 aromatic rings. The number of aromatic nitrogens is 1. The van der Waals surface area contributed by atoms with Crippen LogP contribution in [0, 0.1) is 0 Å². The molecule has 1 N–H and O–H groups in total. The minimum Gasteiger partial charge on any atom is -0.497 e. The number of anilines is 1. The average molecular weight is 447 g/mol. The van der Waals surface area contributed by atoms with Crippen molar-refractivity contribution in [2.24, 2.45) is 0 Å². The summed E-state index contributed by atoms with van der Waals surface area (Å²) < 4.78 is 84.9. The maximum atomic E-state index is 13.7. The van der Waals surface area contributed by atoms with Crippen LogP contribution in [0.3, 0.4) is 0 Å². The summed E-state index contributed by atoms with van der Waals surface area (Å²) in [4.78, 5) is 12.8. The molecule has 3 rings (SSSR count). The van der Waals surface area contributed by atoms with E-state index < -0.39 is 23.8 Å². The zero-order valence-corrected chi connectivity index (χ0v) is 16.3. The number of ketones is 1. The number of carbonyl (C=O) groups is 1. The van der Waals surface area contributed by atoms with Crippen molar-refractivity contribution in [3.63, 3.8) is 0 Å². The fraction of sp³-hybridized carbons (Fsp3) is 0.350. The number of hydrogen-bond acceptors (Lipinski definition) is 4. The number of halogens is 6. The predicted octanol–water partition coefficient (Wildman–Crippen LogP) is 4.32. The summed E-state index contributed by atoms with van der Waals surface area (Å²) in [6, 6.07) is 7.01. The number of carbonyl (C=O) groups excluding carboxylic acids is 1. The molecule has 1 fully saturated rings. The SMILES string of the molecule is COc1cccc(-n2cc(N3CCCN/C(=C\C(=O)C(F)(F)F)C3)cc2C(F)(F)F)c1. The number of hydrogen-bond donors (Lipinski definition) is 1. The van der Waals surface area contributed by atoms with Crippen LogP contribution < -0.4 is 15.0 Å². The summed E-state index contributed by atoms with van der Waals surface area (Å²) in [5.41, 5.74) is -0.564. The second kappa shape index (κ2) is 8.56. The minimum atomic E-state index is -5.02. The van der Waals surface area contributed by atoms with Gasteiger partial charge in [-0.1, -0.05) is 6.07 Å². The fourth-order valence-electron chi connectivity index (χ4n) is 3.23. The Labute approximate surface area is 173 Å². The summed E-state index contributed by atoms with van der Waals surface area (Å²) in [6.45, 7) is 0.418. The average Bonchev–Trinajstić information content (AvgIpc) is 3.03. The van der Waals surface area contributed by atoms with Crippen molar-refractivity contribution in [1.29, 1.82) is 0 Å². The largest absolute Gasteiger partial charge is 0.497 e. The summed E-state index contributed by atoms with van der Waals surface area (Å²) >= 11 is 0. The molecule has 168 valence electrons. The highest BCUT2D eigenvalue weighted by Crippen LogP contribution is 2.36. The van der Waals surface area contributed by atoms with Gasteiger partial charge in [0.1, 0.15) is 11.4 Å². The van der Waals surface area contributed by atoms with Gasteiger partial charge in [0.25, 0.3) is 5.78 Å². The lowest BCUT2D eigenvalue weighted by Crippen LogP contribution is -2.28. The number of allylic oxidation sites excluding steroid dienone is 1. The van der Waals surface area contributed by atoms with E-state index in [4.69, 9.17) is 4.74 Å². The van der Waals surface area contributed by atoms with E-state index in [-0.39, 0.29) is 30.2 Å². The second-order valence-electron chi connectivity index (χ2n) is 6.89. The van der Waals surface area contributed by atoms with E-state index in [1.165, 1.54) is 30.3 Å². The molecule has 1 saturated heterocycles. The summed E-state index contributed by atoms with van der Waals surface area (Å²) in [5.74, 6) is -1.66. The van der Waals surface area contributed by atoms with Crippen LogP contribution in [-0.2, 0) is 11.0 Å². The van der Waals surface area contributed by atoms with E-state index in [0.717, 1.165) is 10.6 Å². The molecular formula is C20H19F6N3O2. The van der Waals surface area contributed by atoms with Crippen molar-refractivity contribution in [3.05, 3.63) is 54.0 Å².